The number of rotatable bonds is 7. The highest BCUT2D eigenvalue weighted by Crippen LogP contribution is 2.18. The van der Waals surface area contributed by atoms with Crippen LogP contribution in [0.25, 0.3) is 10.9 Å². The van der Waals surface area contributed by atoms with Crippen molar-refractivity contribution in [3.05, 3.63) is 36.0 Å². The molecule has 0 saturated carbocycles. The first-order chi connectivity index (χ1) is 10.2. The maximum atomic E-state index is 12.1. The predicted octanol–water partition coefficient (Wildman–Crippen LogP) is 2.62. The highest BCUT2D eigenvalue weighted by Gasteiger charge is 2.09. The monoisotopic (exact) mass is 287 g/mol. The molecule has 2 aromatic rings. The molecule has 1 aromatic heterocycles. The number of carbonyl (C=O) groups is 1. The fourth-order valence-electron chi connectivity index (χ4n) is 2.33. The van der Waals surface area contributed by atoms with Gasteiger partial charge in [-0.3, -0.25) is 4.79 Å². The number of aromatic nitrogens is 1. The van der Waals surface area contributed by atoms with Crippen LogP contribution >= 0.6 is 0 Å². The van der Waals surface area contributed by atoms with Gasteiger partial charge < -0.3 is 14.8 Å². The fraction of sp³-hybridized carbons (Fsp3) is 0.471. The second kappa shape index (κ2) is 7.27. The van der Waals surface area contributed by atoms with Crippen molar-refractivity contribution < 1.29 is 4.79 Å². The number of hydrogen-bond donors (Lipinski definition) is 1. The molecule has 0 atom stereocenters. The number of carbonyl (C=O) groups excluding carboxylic acids is 1. The Morgan fingerprint density at radius 3 is 2.81 bits per heavy atom. The Kier molecular flexibility index (Phi) is 5.39. The first-order valence-electron chi connectivity index (χ1n) is 7.68. The second-order valence-corrected chi connectivity index (χ2v) is 5.42. The van der Waals surface area contributed by atoms with Gasteiger partial charge in [0.2, 0.25) is 5.91 Å². The van der Waals surface area contributed by atoms with Crippen molar-refractivity contribution >= 4 is 16.8 Å². The maximum absolute atomic E-state index is 12.1. The van der Waals surface area contributed by atoms with Gasteiger partial charge in [0.05, 0.1) is 0 Å². The molecule has 1 aromatic carbocycles. The summed E-state index contributed by atoms with van der Waals surface area (Å²) in [6.07, 6.45) is 3.13. The van der Waals surface area contributed by atoms with Gasteiger partial charge in [0.25, 0.3) is 0 Å². The molecule has 0 bridgehead atoms. The standard InChI is InChI=1S/C17H25N3O/c1-4-9-18-12-14-6-7-15-8-10-20(16(15)11-14)13-17(21)19(3)5-2/h6-8,10-11,18H,4-5,9,12-13H2,1-3H3. The largest absolute Gasteiger partial charge is 0.344 e. The van der Waals surface area contributed by atoms with Gasteiger partial charge in [-0.1, -0.05) is 19.1 Å². The zero-order valence-corrected chi connectivity index (χ0v) is 13.2. The van der Waals surface area contributed by atoms with E-state index in [4.69, 9.17) is 0 Å². The van der Waals surface area contributed by atoms with E-state index in [0.717, 1.165) is 31.6 Å². The molecule has 4 heteroatoms. The molecule has 0 fully saturated rings. The van der Waals surface area contributed by atoms with Crippen LogP contribution in [0.3, 0.4) is 0 Å². The van der Waals surface area contributed by atoms with Gasteiger partial charge in [-0.2, -0.15) is 0 Å². The molecule has 4 nitrogen and oxygen atoms in total. The third kappa shape index (κ3) is 3.85. The predicted molar refractivity (Wildman–Crippen MR) is 87.2 cm³/mol. The molecule has 21 heavy (non-hydrogen) atoms. The quantitative estimate of drug-likeness (QED) is 0.795. The molecule has 0 aliphatic heterocycles. The summed E-state index contributed by atoms with van der Waals surface area (Å²) in [6, 6.07) is 8.52. The average molecular weight is 287 g/mol. The Hall–Kier alpha value is -1.81. The molecule has 0 radical (unpaired) electrons. The van der Waals surface area contributed by atoms with Gasteiger partial charge in [0, 0.05) is 31.9 Å². The normalized spacial score (nSPS) is 11.0. The minimum absolute atomic E-state index is 0.143. The third-order valence-corrected chi connectivity index (χ3v) is 3.80. The van der Waals surface area contributed by atoms with Crippen LogP contribution in [0.1, 0.15) is 25.8 Å². The van der Waals surface area contributed by atoms with Crippen LogP contribution in [-0.4, -0.2) is 35.5 Å². The Morgan fingerprint density at radius 2 is 2.10 bits per heavy atom. The second-order valence-electron chi connectivity index (χ2n) is 5.42. The molecule has 114 valence electrons. The molecule has 0 saturated heterocycles. The van der Waals surface area contributed by atoms with Gasteiger partial charge in [-0.05, 0) is 43.0 Å². The molecule has 0 spiro atoms. The lowest BCUT2D eigenvalue weighted by Gasteiger charge is -2.15. The summed E-state index contributed by atoms with van der Waals surface area (Å²) in [5.41, 5.74) is 2.39. The molecule has 2 rings (SSSR count). The van der Waals surface area contributed by atoms with Crippen molar-refractivity contribution in [2.45, 2.75) is 33.4 Å². The summed E-state index contributed by atoms with van der Waals surface area (Å²) < 4.78 is 2.03. The van der Waals surface area contributed by atoms with E-state index in [1.54, 1.807) is 4.90 Å². The zero-order chi connectivity index (χ0) is 15.2. The summed E-state index contributed by atoms with van der Waals surface area (Å²) in [5, 5.41) is 4.59. The van der Waals surface area contributed by atoms with Crippen LogP contribution in [0, 0.1) is 0 Å². The first-order valence-corrected chi connectivity index (χ1v) is 7.68. The number of nitrogens with zero attached hydrogens (tertiary/aromatic N) is 2. The van der Waals surface area contributed by atoms with Crippen molar-refractivity contribution in [1.82, 2.24) is 14.8 Å². The number of likely N-dealkylation sites (N-methyl/N-ethyl adjacent to an activating group) is 1. The number of fused-ring (bicyclic) bond motifs is 1. The van der Waals surface area contributed by atoms with E-state index in [0.29, 0.717) is 6.54 Å². The van der Waals surface area contributed by atoms with Gasteiger partial charge >= 0.3 is 0 Å². The van der Waals surface area contributed by atoms with E-state index in [2.05, 4.69) is 36.5 Å². The number of nitrogens with one attached hydrogen (secondary N) is 1. The lowest BCUT2D eigenvalue weighted by molar-refractivity contribution is -0.130. The fourth-order valence-corrected chi connectivity index (χ4v) is 2.33. The lowest BCUT2D eigenvalue weighted by atomic mass is 10.1. The highest BCUT2D eigenvalue weighted by atomic mass is 16.2. The maximum Gasteiger partial charge on any atom is 0.242 e. The van der Waals surface area contributed by atoms with E-state index in [-0.39, 0.29) is 5.91 Å². The number of hydrogen-bond acceptors (Lipinski definition) is 2. The molecule has 0 aliphatic carbocycles. The van der Waals surface area contributed by atoms with Crippen molar-refractivity contribution in [2.24, 2.45) is 0 Å². The summed E-state index contributed by atoms with van der Waals surface area (Å²) >= 11 is 0. The van der Waals surface area contributed by atoms with Gasteiger partial charge in [0.15, 0.2) is 0 Å². The Bertz CT molecular complexity index is 603. The minimum Gasteiger partial charge on any atom is -0.344 e. The van der Waals surface area contributed by atoms with E-state index in [9.17, 15) is 4.79 Å². The van der Waals surface area contributed by atoms with Crippen molar-refractivity contribution in [3.63, 3.8) is 0 Å². The summed E-state index contributed by atoms with van der Waals surface area (Å²) in [6.45, 7) is 7.20. The SMILES string of the molecule is CCCNCc1ccc2ccn(CC(=O)N(C)CC)c2c1. The summed E-state index contributed by atoms with van der Waals surface area (Å²) in [5.74, 6) is 0.143. The molecule has 0 aliphatic rings. The van der Waals surface area contributed by atoms with Gasteiger partial charge in [0.1, 0.15) is 6.54 Å². The van der Waals surface area contributed by atoms with Crippen LogP contribution < -0.4 is 5.32 Å². The average Bonchev–Trinajstić information content (AvgIpc) is 2.89. The van der Waals surface area contributed by atoms with E-state index in [1.807, 2.05) is 24.7 Å². The van der Waals surface area contributed by atoms with Gasteiger partial charge in [-0.25, -0.2) is 0 Å². The van der Waals surface area contributed by atoms with Crippen molar-refractivity contribution in [3.8, 4) is 0 Å². The Balaban J connectivity index is 2.16. The van der Waals surface area contributed by atoms with E-state index < -0.39 is 0 Å². The van der Waals surface area contributed by atoms with E-state index >= 15 is 0 Å². The Labute approximate surface area is 126 Å². The zero-order valence-electron chi connectivity index (χ0n) is 13.2. The Morgan fingerprint density at radius 1 is 1.29 bits per heavy atom. The smallest absolute Gasteiger partial charge is 0.242 e. The van der Waals surface area contributed by atoms with Crippen LogP contribution in [0.4, 0.5) is 0 Å². The van der Waals surface area contributed by atoms with Crippen LogP contribution in [0.2, 0.25) is 0 Å². The molecule has 1 amide bonds. The molecule has 1 N–H and O–H groups in total. The van der Waals surface area contributed by atoms with Crippen LogP contribution in [0.15, 0.2) is 30.5 Å². The first kappa shape index (κ1) is 15.6. The summed E-state index contributed by atoms with van der Waals surface area (Å²) in [4.78, 5) is 13.8. The molecular weight excluding hydrogens is 262 g/mol. The molecule has 0 unspecified atom stereocenters. The topological polar surface area (TPSA) is 37.3 Å². The summed E-state index contributed by atoms with van der Waals surface area (Å²) in [7, 11) is 1.84. The third-order valence-electron chi connectivity index (χ3n) is 3.80. The number of amides is 1. The van der Waals surface area contributed by atoms with Crippen LogP contribution in [0.5, 0.6) is 0 Å². The molecule has 1 heterocycles. The highest BCUT2D eigenvalue weighted by molar-refractivity contribution is 5.83. The van der Waals surface area contributed by atoms with Crippen molar-refractivity contribution in [1.29, 1.82) is 0 Å². The number of benzene rings is 1. The van der Waals surface area contributed by atoms with E-state index in [1.165, 1.54) is 10.9 Å². The minimum atomic E-state index is 0.143. The van der Waals surface area contributed by atoms with Gasteiger partial charge in [-0.15, -0.1) is 0 Å². The molecular formula is C17H25N3O. The van der Waals surface area contributed by atoms with Crippen LogP contribution in [-0.2, 0) is 17.9 Å². The van der Waals surface area contributed by atoms with Crippen molar-refractivity contribution in [2.75, 3.05) is 20.1 Å². The lowest BCUT2D eigenvalue weighted by Crippen LogP contribution is -2.29.